The molecule has 0 atom stereocenters. The summed E-state index contributed by atoms with van der Waals surface area (Å²) >= 11 is 0. The summed E-state index contributed by atoms with van der Waals surface area (Å²) in [6, 6.07) is 13.2. The standard InChI is InChI=1S/C45H72O3/c1-8-9-10-11-12-13-14-15-16-17-18-19-20-21-22-23-24-25-30-46-31-32-47-40-28-26-37(27-29-40)33-38-36-48-43-41(38)34-39(44(2,3)4)35-42(43)45(5,6)7/h26-29,34-36H,8-25,30-33H2,1-7H3. The smallest absolute Gasteiger partial charge is 0.137 e. The summed E-state index contributed by atoms with van der Waals surface area (Å²) in [6.07, 6.45) is 28.1. The molecule has 48 heavy (non-hydrogen) atoms. The van der Waals surface area contributed by atoms with Crippen LogP contribution in [0.1, 0.15) is 186 Å². The van der Waals surface area contributed by atoms with Gasteiger partial charge in [-0.05, 0) is 46.6 Å². The van der Waals surface area contributed by atoms with Crippen molar-refractivity contribution in [3.8, 4) is 5.75 Å². The molecule has 0 aliphatic rings. The average Bonchev–Trinajstić information content (AvgIpc) is 3.45. The van der Waals surface area contributed by atoms with Crippen molar-refractivity contribution in [1.29, 1.82) is 0 Å². The lowest BCUT2D eigenvalue weighted by atomic mass is 9.79. The number of hydrogen-bond donors (Lipinski definition) is 0. The monoisotopic (exact) mass is 661 g/mol. The van der Waals surface area contributed by atoms with Gasteiger partial charge in [-0.3, -0.25) is 0 Å². The molecule has 1 heterocycles. The number of unbranched alkanes of at least 4 members (excludes halogenated alkanes) is 17. The highest BCUT2D eigenvalue weighted by Crippen LogP contribution is 2.38. The van der Waals surface area contributed by atoms with E-state index in [0.29, 0.717) is 13.2 Å². The Bertz CT molecular complexity index is 1250. The van der Waals surface area contributed by atoms with Crippen molar-refractivity contribution in [3.05, 3.63) is 64.9 Å². The molecule has 3 heteroatoms. The third kappa shape index (κ3) is 15.1. The van der Waals surface area contributed by atoms with E-state index in [0.717, 1.165) is 30.8 Å². The minimum Gasteiger partial charge on any atom is -0.491 e. The van der Waals surface area contributed by atoms with E-state index in [1.807, 2.05) is 6.26 Å². The van der Waals surface area contributed by atoms with E-state index in [1.54, 1.807) is 0 Å². The van der Waals surface area contributed by atoms with Crippen LogP contribution >= 0.6 is 0 Å². The van der Waals surface area contributed by atoms with Crippen LogP contribution in [0.15, 0.2) is 47.1 Å². The molecule has 0 N–H and O–H groups in total. The Morgan fingerprint density at radius 1 is 0.562 bits per heavy atom. The Kier molecular flexibility index (Phi) is 18.2. The van der Waals surface area contributed by atoms with Gasteiger partial charge in [-0.2, -0.15) is 0 Å². The van der Waals surface area contributed by atoms with Gasteiger partial charge in [-0.15, -0.1) is 0 Å². The molecule has 1 aromatic heterocycles. The fourth-order valence-electron chi connectivity index (χ4n) is 6.66. The van der Waals surface area contributed by atoms with Crippen molar-refractivity contribution < 1.29 is 13.9 Å². The number of fused-ring (bicyclic) bond motifs is 1. The number of ether oxygens (including phenoxy) is 2. The highest BCUT2D eigenvalue weighted by atomic mass is 16.5. The fraction of sp³-hybridized carbons (Fsp3) is 0.689. The van der Waals surface area contributed by atoms with Gasteiger partial charge in [-0.1, -0.05) is 176 Å². The number of hydrogen-bond acceptors (Lipinski definition) is 3. The van der Waals surface area contributed by atoms with Crippen molar-refractivity contribution in [2.45, 2.75) is 181 Å². The molecule has 0 saturated carbocycles. The van der Waals surface area contributed by atoms with Crippen molar-refractivity contribution in [2.24, 2.45) is 0 Å². The third-order valence-electron chi connectivity index (χ3n) is 9.88. The molecule has 2 aromatic carbocycles. The Morgan fingerprint density at radius 2 is 1.08 bits per heavy atom. The fourth-order valence-corrected chi connectivity index (χ4v) is 6.66. The molecule has 0 aliphatic heterocycles. The van der Waals surface area contributed by atoms with Gasteiger partial charge in [0.2, 0.25) is 0 Å². The van der Waals surface area contributed by atoms with Gasteiger partial charge in [-0.25, -0.2) is 0 Å². The predicted molar refractivity (Wildman–Crippen MR) is 208 cm³/mol. The Balaban J connectivity index is 1.20. The second kappa shape index (κ2) is 21.7. The van der Waals surface area contributed by atoms with Crippen molar-refractivity contribution in [1.82, 2.24) is 0 Å². The normalized spacial score (nSPS) is 12.3. The molecule has 0 radical (unpaired) electrons. The molecule has 0 amide bonds. The van der Waals surface area contributed by atoms with Crippen LogP contribution in [-0.4, -0.2) is 19.8 Å². The van der Waals surface area contributed by atoms with Crippen LogP contribution in [0, 0.1) is 0 Å². The number of rotatable bonds is 25. The Hall–Kier alpha value is -2.26. The SMILES string of the molecule is CCCCCCCCCCCCCCCCCCCCOCCOc1ccc(Cc2coc3c(C(C)(C)C)cc(C(C)(C)C)cc23)cc1. The third-order valence-corrected chi connectivity index (χ3v) is 9.88. The van der Waals surface area contributed by atoms with Gasteiger partial charge < -0.3 is 13.9 Å². The quantitative estimate of drug-likeness (QED) is 0.0848. The van der Waals surface area contributed by atoms with Crippen LogP contribution in [0.4, 0.5) is 0 Å². The molecule has 0 spiro atoms. The maximum Gasteiger partial charge on any atom is 0.137 e. The van der Waals surface area contributed by atoms with Crippen LogP contribution in [-0.2, 0) is 22.0 Å². The predicted octanol–water partition coefficient (Wildman–Crippen LogP) is 14.1. The molecule has 3 nitrogen and oxygen atoms in total. The summed E-state index contributed by atoms with van der Waals surface area (Å²) in [4.78, 5) is 0. The van der Waals surface area contributed by atoms with E-state index in [4.69, 9.17) is 13.9 Å². The first kappa shape index (κ1) is 40.2. The molecule has 0 fully saturated rings. The molecule has 270 valence electrons. The highest BCUT2D eigenvalue weighted by molar-refractivity contribution is 5.86. The van der Waals surface area contributed by atoms with E-state index in [2.05, 4.69) is 84.9 Å². The maximum absolute atomic E-state index is 6.19. The van der Waals surface area contributed by atoms with Crippen LogP contribution in [0.2, 0.25) is 0 Å². The van der Waals surface area contributed by atoms with E-state index < -0.39 is 0 Å². The van der Waals surface area contributed by atoms with Crippen molar-refractivity contribution in [2.75, 3.05) is 19.8 Å². The molecular weight excluding hydrogens is 588 g/mol. The minimum atomic E-state index is 0.0165. The molecule has 0 saturated heterocycles. The summed E-state index contributed by atoms with van der Waals surface area (Å²) in [5.41, 5.74) is 6.25. The molecular formula is C45H72O3. The lowest BCUT2D eigenvalue weighted by Gasteiger charge is -2.25. The van der Waals surface area contributed by atoms with Crippen molar-refractivity contribution >= 4 is 11.0 Å². The lowest BCUT2D eigenvalue weighted by molar-refractivity contribution is 0.0970. The average molecular weight is 661 g/mol. The van der Waals surface area contributed by atoms with Crippen molar-refractivity contribution in [3.63, 3.8) is 0 Å². The van der Waals surface area contributed by atoms with Gasteiger partial charge in [0.15, 0.2) is 0 Å². The van der Waals surface area contributed by atoms with E-state index >= 15 is 0 Å². The van der Waals surface area contributed by atoms with Gasteiger partial charge >= 0.3 is 0 Å². The molecule has 0 bridgehead atoms. The summed E-state index contributed by atoms with van der Waals surface area (Å²) in [5, 5.41) is 1.24. The molecule has 0 unspecified atom stereocenters. The van der Waals surface area contributed by atoms with Crippen LogP contribution in [0.3, 0.4) is 0 Å². The van der Waals surface area contributed by atoms with E-state index in [9.17, 15) is 0 Å². The minimum absolute atomic E-state index is 0.0165. The lowest BCUT2D eigenvalue weighted by Crippen LogP contribution is -2.16. The summed E-state index contributed by atoms with van der Waals surface area (Å²) in [6.45, 7) is 18.0. The topological polar surface area (TPSA) is 31.6 Å². The van der Waals surface area contributed by atoms with Crippen LogP contribution in [0.25, 0.3) is 11.0 Å². The van der Waals surface area contributed by atoms with Gasteiger partial charge in [0.05, 0.1) is 12.9 Å². The van der Waals surface area contributed by atoms with E-state index in [1.165, 1.54) is 137 Å². The van der Waals surface area contributed by atoms with Gasteiger partial charge in [0.1, 0.15) is 17.9 Å². The zero-order valence-corrected chi connectivity index (χ0v) is 32.3. The number of furan rings is 1. The zero-order valence-electron chi connectivity index (χ0n) is 32.3. The number of benzene rings is 2. The van der Waals surface area contributed by atoms with E-state index in [-0.39, 0.29) is 10.8 Å². The molecule has 3 aromatic rings. The largest absolute Gasteiger partial charge is 0.491 e. The summed E-state index contributed by atoms with van der Waals surface area (Å²) < 4.78 is 18.0. The molecule has 3 rings (SSSR count). The Labute approximate surface area is 296 Å². The first-order valence-electron chi connectivity index (χ1n) is 19.9. The van der Waals surface area contributed by atoms with Crippen LogP contribution < -0.4 is 4.74 Å². The first-order chi connectivity index (χ1) is 23.1. The second-order valence-corrected chi connectivity index (χ2v) is 16.5. The zero-order chi connectivity index (χ0) is 34.7. The Morgan fingerprint density at radius 3 is 1.58 bits per heavy atom. The summed E-state index contributed by atoms with van der Waals surface area (Å²) in [5.74, 6) is 0.901. The maximum atomic E-state index is 6.19. The van der Waals surface area contributed by atoms with Gasteiger partial charge in [0, 0.05) is 29.5 Å². The highest BCUT2D eigenvalue weighted by Gasteiger charge is 2.25. The van der Waals surface area contributed by atoms with Gasteiger partial charge in [0.25, 0.3) is 0 Å². The first-order valence-corrected chi connectivity index (χ1v) is 19.9. The molecule has 0 aliphatic carbocycles. The second-order valence-electron chi connectivity index (χ2n) is 16.5. The summed E-state index contributed by atoms with van der Waals surface area (Å²) in [7, 11) is 0. The van der Waals surface area contributed by atoms with Crippen LogP contribution in [0.5, 0.6) is 5.75 Å².